The fraction of sp³-hybridized carbons (Fsp3) is 0.500. The van der Waals surface area contributed by atoms with Gasteiger partial charge in [0.05, 0.1) is 6.04 Å². The Kier molecular flexibility index (Phi) is 3.79. The zero-order valence-corrected chi connectivity index (χ0v) is 10.4. The Bertz CT molecular complexity index is 403. The first kappa shape index (κ1) is 12.1. The summed E-state index contributed by atoms with van der Waals surface area (Å²) in [6.07, 6.45) is 2.68. The van der Waals surface area contributed by atoms with Crippen LogP contribution in [0.3, 0.4) is 0 Å². The highest BCUT2D eigenvalue weighted by molar-refractivity contribution is 5.81. The van der Waals surface area contributed by atoms with E-state index in [-0.39, 0.29) is 11.9 Å². The van der Waals surface area contributed by atoms with Gasteiger partial charge in [-0.2, -0.15) is 0 Å². The quantitative estimate of drug-likeness (QED) is 0.862. The van der Waals surface area contributed by atoms with Crippen LogP contribution in [-0.2, 0) is 17.8 Å². The Morgan fingerprint density at radius 1 is 1.41 bits per heavy atom. The molecule has 0 aromatic heterocycles. The number of carbonyl (C=O) groups is 1. The fourth-order valence-electron chi connectivity index (χ4n) is 2.35. The van der Waals surface area contributed by atoms with Crippen molar-refractivity contribution in [2.24, 2.45) is 5.73 Å². The lowest BCUT2D eigenvalue weighted by atomic mass is 9.99. The zero-order chi connectivity index (χ0) is 12.3. The van der Waals surface area contributed by atoms with Gasteiger partial charge in [-0.05, 0) is 24.0 Å². The van der Waals surface area contributed by atoms with Gasteiger partial charge in [0.1, 0.15) is 0 Å². The molecule has 0 bridgehead atoms. The predicted octanol–water partition coefficient (Wildman–Crippen LogP) is 1.70. The average molecular weight is 232 g/mol. The fourth-order valence-corrected chi connectivity index (χ4v) is 2.35. The van der Waals surface area contributed by atoms with Crippen molar-refractivity contribution in [3.63, 3.8) is 0 Å². The maximum atomic E-state index is 12.1. The molecule has 2 rings (SSSR count). The van der Waals surface area contributed by atoms with Crippen LogP contribution in [0.1, 0.15) is 30.9 Å². The molecular formula is C14H20N2O. The lowest BCUT2D eigenvalue weighted by Gasteiger charge is -2.30. The second-order valence-electron chi connectivity index (χ2n) is 4.67. The monoisotopic (exact) mass is 232 g/mol. The summed E-state index contributed by atoms with van der Waals surface area (Å²) >= 11 is 0. The molecule has 1 atom stereocenters. The summed E-state index contributed by atoms with van der Waals surface area (Å²) in [7, 11) is 0. The number of hydrogen-bond acceptors (Lipinski definition) is 2. The van der Waals surface area contributed by atoms with E-state index < -0.39 is 0 Å². The standard InChI is InChI=1S/C14H20N2O/c1-2-5-13(15)14(17)16-9-8-11-6-3-4-7-12(11)10-16/h3-4,6-7,13H,2,5,8-10,15H2,1H3/t13-/m1/s1. The third kappa shape index (κ3) is 2.67. The molecule has 2 N–H and O–H groups in total. The summed E-state index contributed by atoms with van der Waals surface area (Å²) in [5.74, 6) is 0.0985. The smallest absolute Gasteiger partial charge is 0.239 e. The summed E-state index contributed by atoms with van der Waals surface area (Å²) in [5, 5.41) is 0. The van der Waals surface area contributed by atoms with Crippen molar-refractivity contribution in [1.82, 2.24) is 4.90 Å². The van der Waals surface area contributed by atoms with Gasteiger partial charge in [0.2, 0.25) is 5.91 Å². The molecule has 1 heterocycles. The number of carbonyl (C=O) groups excluding carboxylic acids is 1. The normalized spacial score (nSPS) is 16.5. The number of amides is 1. The number of hydrogen-bond donors (Lipinski definition) is 1. The minimum Gasteiger partial charge on any atom is -0.337 e. The number of benzene rings is 1. The summed E-state index contributed by atoms with van der Waals surface area (Å²) in [6, 6.07) is 7.99. The summed E-state index contributed by atoms with van der Waals surface area (Å²) in [6.45, 7) is 3.57. The highest BCUT2D eigenvalue weighted by Crippen LogP contribution is 2.19. The molecule has 0 radical (unpaired) electrons. The largest absolute Gasteiger partial charge is 0.337 e. The van der Waals surface area contributed by atoms with Crippen molar-refractivity contribution < 1.29 is 4.79 Å². The average Bonchev–Trinajstić information content (AvgIpc) is 2.37. The van der Waals surface area contributed by atoms with E-state index in [1.165, 1.54) is 11.1 Å². The summed E-state index contributed by atoms with van der Waals surface area (Å²) < 4.78 is 0. The highest BCUT2D eigenvalue weighted by Gasteiger charge is 2.23. The first-order valence-corrected chi connectivity index (χ1v) is 6.33. The SMILES string of the molecule is CCC[C@@H](N)C(=O)N1CCc2ccccc2C1. The zero-order valence-electron chi connectivity index (χ0n) is 10.4. The molecule has 0 fully saturated rings. The second-order valence-corrected chi connectivity index (χ2v) is 4.67. The molecule has 0 saturated carbocycles. The van der Waals surface area contributed by atoms with Gasteiger partial charge in [-0.1, -0.05) is 37.6 Å². The minimum atomic E-state index is -0.328. The first-order chi connectivity index (χ1) is 8.22. The van der Waals surface area contributed by atoms with Crippen molar-refractivity contribution in [2.45, 2.75) is 38.8 Å². The van der Waals surface area contributed by atoms with Gasteiger partial charge in [0, 0.05) is 13.1 Å². The van der Waals surface area contributed by atoms with Gasteiger partial charge >= 0.3 is 0 Å². The lowest BCUT2D eigenvalue weighted by molar-refractivity contribution is -0.133. The van der Waals surface area contributed by atoms with Crippen LogP contribution in [-0.4, -0.2) is 23.4 Å². The van der Waals surface area contributed by atoms with E-state index in [1.54, 1.807) is 0 Å². The van der Waals surface area contributed by atoms with Gasteiger partial charge in [-0.3, -0.25) is 4.79 Å². The predicted molar refractivity (Wildman–Crippen MR) is 68.4 cm³/mol. The molecule has 0 saturated heterocycles. The first-order valence-electron chi connectivity index (χ1n) is 6.33. The van der Waals surface area contributed by atoms with Crippen molar-refractivity contribution in [2.75, 3.05) is 6.54 Å². The van der Waals surface area contributed by atoms with Gasteiger partial charge < -0.3 is 10.6 Å². The van der Waals surface area contributed by atoms with Crippen LogP contribution < -0.4 is 5.73 Å². The Morgan fingerprint density at radius 3 is 2.82 bits per heavy atom. The van der Waals surface area contributed by atoms with E-state index in [9.17, 15) is 4.79 Å². The molecule has 17 heavy (non-hydrogen) atoms. The van der Waals surface area contributed by atoms with Gasteiger partial charge in [0.25, 0.3) is 0 Å². The Hall–Kier alpha value is -1.35. The molecule has 1 aromatic rings. The molecule has 1 aliphatic heterocycles. The van der Waals surface area contributed by atoms with Gasteiger partial charge in [-0.25, -0.2) is 0 Å². The third-order valence-corrected chi connectivity index (χ3v) is 3.36. The maximum Gasteiger partial charge on any atom is 0.239 e. The van der Waals surface area contributed by atoms with Crippen molar-refractivity contribution in [3.8, 4) is 0 Å². The van der Waals surface area contributed by atoms with Crippen LogP contribution >= 0.6 is 0 Å². The minimum absolute atomic E-state index is 0.0985. The van der Waals surface area contributed by atoms with Gasteiger partial charge in [0.15, 0.2) is 0 Å². The Labute approximate surface area is 103 Å². The van der Waals surface area contributed by atoms with Crippen molar-refractivity contribution in [3.05, 3.63) is 35.4 Å². The maximum absolute atomic E-state index is 12.1. The number of rotatable bonds is 3. The molecule has 0 unspecified atom stereocenters. The summed E-state index contributed by atoms with van der Waals surface area (Å²) in [5.41, 5.74) is 8.51. The number of nitrogens with zero attached hydrogens (tertiary/aromatic N) is 1. The van der Waals surface area contributed by atoms with Crippen LogP contribution in [0.25, 0.3) is 0 Å². The topological polar surface area (TPSA) is 46.3 Å². The second kappa shape index (κ2) is 5.32. The van der Waals surface area contributed by atoms with Crippen LogP contribution in [0, 0.1) is 0 Å². The van der Waals surface area contributed by atoms with E-state index in [0.717, 1.165) is 25.8 Å². The molecule has 3 heteroatoms. The lowest BCUT2D eigenvalue weighted by Crippen LogP contribution is -2.45. The number of fused-ring (bicyclic) bond motifs is 1. The molecule has 0 spiro atoms. The van der Waals surface area contributed by atoms with E-state index in [2.05, 4.69) is 25.1 Å². The van der Waals surface area contributed by atoms with E-state index in [4.69, 9.17) is 5.73 Å². The van der Waals surface area contributed by atoms with E-state index in [1.807, 2.05) is 11.0 Å². The van der Waals surface area contributed by atoms with Crippen LogP contribution in [0.15, 0.2) is 24.3 Å². The van der Waals surface area contributed by atoms with Crippen LogP contribution in [0.2, 0.25) is 0 Å². The molecule has 1 aromatic carbocycles. The molecule has 92 valence electrons. The Balaban J connectivity index is 2.05. The van der Waals surface area contributed by atoms with E-state index >= 15 is 0 Å². The third-order valence-electron chi connectivity index (χ3n) is 3.36. The van der Waals surface area contributed by atoms with Crippen LogP contribution in [0.4, 0.5) is 0 Å². The van der Waals surface area contributed by atoms with Gasteiger partial charge in [-0.15, -0.1) is 0 Å². The highest BCUT2D eigenvalue weighted by atomic mass is 16.2. The van der Waals surface area contributed by atoms with E-state index in [0.29, 0.717) is 6.54 Å². The van der Waals surface area contributed by atoms with Crippen molar-refractivity contribution >= 4 is 5.91 Å². The van der Waals surface area contributed by atoms with Crippen molar-refractivity contribution in [1.29, 1.82) is 0 Å². The molecular weight excluding hydrogens is 212 g/mol. The van der Waals surface area contributed by atoms with Crippen LogP contribution in [0.5, 0.6) is 0 Å². The molecule has 0 aliphatic carbocycles. The molecule has 3 nitrogen and oxygen atoms in total. The number of nitrogens with two attached hydrogens (primary N) is 1. The Morgan fingerprint density at radius 2 is 2.12 bits per heavy atom. The molecule has 1 aliphatic rings. The molecule has 1 amide bonds. The summed E-state index contributed by atoms with van der Waals surface area (Å²) in [4.78, 5) is 14.0.